The molecule has 10 atom stereocenters. The van der Waals surface area contributed by atoms with Crippen LogP contribution in [-0.4, -0.2) is 12.1 Å². The highest BCUT2D eigenvalue weighted by Gasteiger charge is 2.63. The second-order valence-electron chi connectivity index (χ2n) is 13.0. The molecule has 160 valence electrons. The van der Waals surface area contributed by atoms with Gasteiger partial charge in [0, 0.05) is 12.1 Å². The zero-order valence-corrected chi connectivity index (χ0v) is 19.5. The molecule has 4 saturated carbocycles. The van der Waals surface area contributed by atoms with Gasteiger partial charge in [0.25, 0.3) is 0 Å². The maximum Gasteiger partial charge on any atom is 0.0230 e. The van der Waals surface area contributed by atoms with E-state index in [4.69, 9.17) is 0 Å². The molecule has 1 aliphatic heterocycles. The number of hydrogen-bond acceptors (Lipinski definition) is 1. The zero-order valence-electron chi connectivity index (χ0n) is 19.5. The highest BCUT2D eigenvalue weighted by molar-refractivity contribution is 5.15. The van der Waals surface area contributed by atoms with E-state index < -0.39 is 0 Å². The minimum atomic E-state index is 0.663. The van der Waals surface area contributed by atoms with E-state index in [0.717, 1.165) is 53.5 Å². The van der Waals surface area contributed by atoms with Crippen molar-refractivity contribution in [2.24, 2.45) is 52.3 Å². The first-order chi connectivity index (χ1) is 13.3. The fourth-order valence-electron chi connectivity index (χ4n) is 9.70. The highest BCUT2D eigenvalue weighted by atomic mass is 15.2. The van der Waals surface area contributed by atoms with Gasteiger partial charge < -0.3 is 5.32 Å². The lowest BCUT2D eigenvalue weighted by Gasteiger charge is -2.60. The fraction of sp³-hybridized carbons (Fsp3) is 1.00. The van der Waals surface area contributed by atoms with Crippen LogP contribution in [-0.2, 0) is 0 Å². The summed E-state index contributed by atoms with van der Waals surface area (Å²) in [6.07, 6.45) is 16.7. The van der Waals surface area contributed by atoms with Gasteiger partial charge in [0.05, 0.1) is 0 Å². The summed E-state index contributed by atoms with van der Waals surface area (Å²) in [5.74, 6) is 7.01. The predicted molar refractivity (Wildman–Crippen MR) is 119 cm³/mol. The molecule has 1 N–H and O–H groups in total. The van der Waals surface area contributed by atoms with Gasteiger partial charge in [-0.3, -0.25) is 0 Å². The SMILES string of the molecule is CC(C)CCC[C@H](C)[C@H]1CC[C@H]2[C@@H]3CC[C@@H]4C[C@H]5N[C@@H]5C[C@]4(C)[C@H]3CC[C@]12C. The van der Waals surface area contributed by atoms with Gasteiger partial charge >= 0.3 is 0 Å². The van der Waals surface area contributed by atoms with Crippen molar-refractivity contribution in [3.05, 3.63) is 0 Å². The average molecular weight is 386 g/mol. The second-order valence-corrected chi connectivity index (χ2v) is 13.0. The molecule has 0 amide bonds. The lowest BCUT2D eigenvalue weighted by molar-refractivity contribution is -0.110. The normalized spacial score (nSPS) is 53.1. The van der Waals surface area contributed by atoms with Crippen molar-refractivity contribution in [3.63, 3.8) is 0 Å². The maximum atomic E-state index is 3.81. The quantitative estimate of drug-likeness (QED) is 0.503. The molecule has 1 heterocycles. The van der Waals surface area contributed by atoms with E-state index in [9.17, 15) is 0 Å². The minimum absolute atomic E-state index is 0.663. The third-order valence-electron chi connectivity index (χ3n) is 11.3. The molecule has 1 nitrogen and oxygen atoms in total. The summed E-state index contributed by atoms with van der Waals surface area (Å²) in [5, 5.41) is 3.81. The van der Waals surface area contributed by atoms with E-state index in [1.807, 2.05) is 0 Å². The van der Waals surface area contributed by atoms with Crippen molar-refractivity contribution in [2.75, 3.05) is 0 Å². The van der Waals surface area contributed by atoms with Gasteiger partial charge in [-0.15, -0.1) is 0 Å². The Morgan fingerprint density at radius 3 is 2.43 bits per heavy atom. The monoisotopic (exact) mass is 385 g/mol. The standard InChI is InChI=1S/C27H47N/c1-17(2)7-6-8-18(3)21-11-12-22-20-10-9-19-15-24-25(28-24)16-27(19,5)23(20)13-14-26(21,22)4/h17-25,28H,6-16H2,1-5H3/t18-,19+,20-,21+,22-,23-,24+,25+,26+,27-/m0/s1. The zero-order chi connectivity index (χ0) is 19.7. The van der Waals surface area contributed by atoms with Crippen LogP contribution in [0.25, 0.3) is 0 Å². The van der Waals surface area contributed by atoms with Crippen LogP contribution in [0.2, 0.25) is 0 Å². The lowest BCUT2D eigenvalue weighted by atomic mass is 9.44. The molecule has 5 aliphatic rings. The third kappa shape index (κ3) is 3.04. The molecule has 0 unspecified atom stereocenters. The van der Waals surface area contributed by atoms with Gasteiger partial charge in [-0.2, -0.15) is 0 Å². The van der Waals surface area contributed by atoms with E-state index in [1.165, 1.54) is 32.1 Å². The Labute approximate surface area is 175 Å². The van der Waals surface area contributed by atoms with Crippen molar-refractivity contribution < 1.29 is 0 Å². The molecule has 5 rings (SSSR count). The van der Waals surface area contributed by atoms with Crippen LogP contribution in [0.1, 0.15) is 105 Å². The van der Waals surface area contributed by atoms with Gasteiger partial charge in [-0.25, -0.2) is 0 Å². The fourth-order valence-corrected chi connectivity index (χ4v) is 9.70. The van der Waals surface area contributed by atoms with E-state index in [-0.39, 0.29) is 0 Å². The van der Waals surface area contributed by atoms with Crippen molar-refractivity contribution in [3.8, 4) is 0 Å². The Morgan fingerprint density at radius 2 is 1.64 bits per heavy atom. The maximum absolute atomic E-state index is 3.81. The van der Waals surface area contributed by atoms with Crippen LogP contribution >= 0.6 is 0 Å². The first-order valence-electron chi connectivity index (χ1n) is 13.1. The lowest BCUT2D eigenvalue weighted by Crippen LogP contribution is -2.54. The van der Waals surface area contributed by atoms with E-state index in [2.05, 4.69) is 39.9 Å². The molecule has 0 bridgehead atoms. The predicted octanol–water partition coefficient (Wildman–Crippen LogP) is 7.06. The Hall–Kier alpha value is -0.0400. The molecule has 1 heteroatoms. The summed E-state index contributed by atoms with van der Waals surface area (Å²) in [5.41, 5.74) is 1.33. The number of rotatable bonds is 5. The molecule has 0 spiro atoms. The van der Waals surface area contributed by atoms with Gasteiger partial charge in [0.2, 0.25) is 0 Å². The Balaban J connectivity index is 1.30. The van der Waals surface area contributed by atoms with Crippen LogP contribution in [0.3, 0.4) is 0 Å². The van der Waals surface area contributed by atoms with Crippen LogP contribution in [0.4, 0.5) is 0 Å². The Bertz CT molecular complexity index is 583. The molecular formula is C27H47N. The summed E-state index contributed by atoms with van der Waals surface area (Å²) >= 11 is 0. The number of nitrogens with one attached hydrogen (secondary N) is 1. The van der Waals surface area contributed by atoms with Crippen LogP contribution in [0.5, 0.6) is 0 Å². The molecular weight excluding hydrogens is 338 g/mol. The van der Waals surface area contributed by atoms with E-state index in [1.54, 1.807) is 38.5 Å². The smallest absolute Gasteiger partial charge is 0.0230 e. The van der Waals surface area contributed by atoms with Crippen LogP contribution in [0.15, 0.2) is 0 Å². The molecule has 28 heavy (non-hydrogen) atoms. The molecule has 0 aromatic carbocycles. The summed E-state index contributed by atoms with van der Waals surface area (Å²) in [6, 6.07) is 1.80. The molecule has 5 fully saturated rings. The van der Waals surface area contributed by atoms with Crippen LogP contribution in [0, 0.1) is 52.3 Å². The Morgan fingerprint density at radius 1 is 0.857 bits per heavy atom. The van der Waals surface area contributed by atoms with E-state index >= 15 is 0 Å². The van der Waals surface area contributed by atoms with Crippen LogP contribution < -0.4 is 5.32 Å². The first-order valence-corrected chi connectivity index (χ1v) is 13.1. The first kappa shape index (κ1) is 19.9. The summed E-state index contributed by atoms with van der Waals surface area (Å²) in [4.78, 5) is 0. The average Bonchev–Trinajstić information content (AvgIpc) is 3.27. The topological polar surface area (TPSA) is 21.9 Å². The number of hydrogen-bond donors (Lipinski definition) is 1. The third-order valence-corrected chi connectivity index (χ3v) is 11.3. The molecule has 0 radical (unpaired) electrons. The summed E-state index contributed by atoms with van der Waals surface area (Å²) in [6.45, 7) is 12.9. The molecule has 1 saturated heterocycles. The summed E-state index contributed by atoms with van der Waals surface area (Å²) in [7, 11) is 0. The Kier molecular flexibility index (Phi) is 4.97. The number of fused-ring (bicyclic) bond motifs is 6. The summed E-state index contributed by atoms with van der Waals surface area (Å²) < 4.78 is 0. The van der Waals surface area contributed by atoms with Crippen molar-refractivity contribution >= 4 is 0 Å². The molecule has 0 aromatic rings. The molecule has 0 aromatic heterocycles. The van der Waals surface area contributed by atoms with Crippen molar-refractivity contribution in [1.29, 1.82) is 0 Å². The highest BCUT2D eigenvalue weighted by Crippen LogP contribution is 2.69. The minimum Gasteiger partial charge on any atom is -0.308 e. The van der Waals surface area contributed by atoms with Gasteiger partial charge in [0.1, 0.15) is 0 Å². The van der Waals surface area contributed by atoms with Gasteiger partial charge in [-0.05, 0) is 104 Å². The molecule has 4 aliphatic carbocycles. The van der Waals surface area contributed by atoms with Crippen molar-refractivity contribution in [2.45, 2.75) is 117 Å². The van der Waals surface area contributed by atoms with E-state index in [0.29, 0.717) is 10.8 Å². The van der Waals surface area contributed by atoms with Gasteiger partial charge in [0.15, 0.2) is 0 Å². The van der Waals surface area contributed by atoms with Crippen molar-refractivity contribution in [1.82, 2.24) is 5.32 Å². The second kappa shape index (κ2) is 7.00. The van der Waals surface area contributed by atoms with Gasteiger partial charge in [-0.1, -0.05) is 53.9 Å². The largest absolute Gasteiger partial charge is 0.308 e.